The number of anilines is 1. The van der Waals surface area contributed by atoms with Gasteiger partial charge in [-0.3, -0.25) is 5.43 Å². The van der Waals surface area contributed by atoms with Gasteiger partial charge in [0.15, 0.2) is 16.6 Å². The summed E-state index contributed by atoms with van der Waals surface area (Å²) >= 11 is 5.29. The Kier molecular flexibility index (Phi) is 6.80. The van der Waals surface area contributed by atoms with Crippen LogP contribution in [0, 0.1) is 13.8 Å². The van der Waals surface area contributed by atoms with Gasteiger partial charge in [0.2, 0.25) is 5.75 Å². The molecule has 0 saturated heterocycles. The normalized spacial score (nSPS) is 10.5. The second-order valence-electron chi connectivity index (χ2n) is 5.50. The van der Waals surface area contributed by atoms with Gasteiger partial charge >= 0.3 is 0 Å². The highest BCUT2D eigenvalue weighted by Crippen LogP contribution is 2.38. The Hall–Kier alpha value is -2.80. The lowest BCUT2D eigenvalue weighted by Gasteiger charge is -2.14. The molecule has 2 aromatic rings. The molecule has 26 heavy (non-hydrogen) atoms. The zero-order valence-electron chi connectivity index (χ0n) is 15.5. The Morgan fingerprint density at radius 3 is 2.38 bits per heavy atom. The summed E-state index contributed by atoms with van der Waals surface area (Å²) in [4.78, 5) is 0. The summed E-state index contributed by atoms with van der Waals surface area (Å²) in [5, 5.41) is 7.71. The van der Waals surface area contributed by atoms with Crippen LogP contribution in [-0.4, -0.2) is 32.7 Å². The summed E-state index contributed by atoms with van der Waals surface area (Å²) in [6.07, 6.45) is 1.61. The van der Waals surface area contributed by atoms with Gasteiger partial charge in [-0.25, -0.2) is 0 Å². The van der Waals surface area contributed by atoms with Crippen molar-refractivity contribution in [3.05, 3.63) is 47.0 Å². The van der Waals surface area contributed by atoms with E-state index in [1.807, 2.05) is 25.1 Å². The zero-order chi connectivity index (χ0) is 19.1. The van der Waals surface area contributed by atoms with Gasteiger partial charge < -0.3 is 19.5 Å². The van der Waals surface area contributed by atoms with Crippen LogP contribution in [0.1, 0.15) is 16.7 Å². The number of rotatable bonds is 6. The van der Waals surface area contributed by atoms with Gasteiger partial charge in [0.05, 0.1) is 27.5 Å². The first-order chi connectivity index (χ1) is 12.5. The molecule has 6 nitrogen and oxygen atoms in total. The molecule has 0 aromatic heterocycles. The minimum absolute atomic E-state index is 0.398. The van der Waals surface area contributed by atoms with E-state index in [-0.39, 0.29) is 0 Å². The SMILES string of the molecule is COc1ccc(/C=N\NC(=S)Nc2cccc(C)c2C)c(OC)c1OC. The molecule has 2 rings (SSSR count). The van der Waals surface area contributed by atoms with Crippen LogP contribution in [0.15, 0.2) is 35.4 Å². The maximum absolute atomic E-state index is 5.42. The van der Waals surface area contributed by atoms with E-state index < -0.39 is 0 Å². The highest BCUT2D eigenvalue weighted by Gasteiger charge is 2.14. The van der Waals surface area contributed by atoms with Gasteiger partial charge in [0.1, 0.15) is 0 Å². The van der Waals surface area contributed by atoms with Crippen molar-refractivity contribution in [2.24, 2.45) is 5.10 Å². The number of methoxy groups -OCH3 is 3. The lowest BCUT2D eigenvalue weighted by atomic mass is 10.1. The second-order valence-corrected chi connectivity index (χ2v) is 5.90. The monoisotopic (exact) mass is 373 g/mol. The van der Waals surface area contributed by atoms with E-state index in [2.05, 4.69) is 28.8 Å². The molecule has 0 aliphatic rings. The highest BCUT2D eigenvalue weighted by atomic mass is 32.1. The van der Waals surface area contributed by atoms with Crippen molar-refractivity contribution in [2.45, 2.75) is 13.8 Å². The van der Waals surface area contributed by atoms with E-state index in [0.29, 0.717) is 22.4 Å². The molecular formula is C19H23N3O3S. The molecule has 0 heterocycles. The van der Waals surface area contributed by atoms with Gasteiger partial charge in [0.25, 0.3) is 0 Å². The van der Waals surface area contributed by atoms with Crippen molar-refractivity contribution < 1.29 is 14.2 Å². The van der Waals surface area contributed by atoms with Gasteiger partial charge in [-0.15, -0.1) is 0 Å². The van der Waals surface area contributed by atoms with Crippen molar-refractivity contribution in [3.8, 4) is 17.2 Å². The van der Waals surface area contributed by atoms with Crippen molar-refractivity contribution >= 4 is 29.2 Å². The van der Waals surface area contributed by atoms with Crippen molar-refractivity contribution in [2.75, 3.05) is 26.6 Å². The summed E-state index contributed by atoms with van der Waals surface area (Å²) in [6, 6.07) is 9.61. The molecule has 2 N–H and O–H groups in total. The summed E-state index contributed by atoms with van der Waals surface area (Å²) in [6.45, 7) is 4.09. The summed E-state index contributed by atoms with van der Waals surface area (Å²) in [7, 11) is 4.70. The molecule has 0 atom stereocenters. The lowest BCUT2D eigenvalue weighted by molar-refractivity contribution is 0.324. The largest absolute Gasteiger partial charge is 0.493 e. The van der Waals surface area contributed by atoms with Crippen LogP contribution in [0.5, 0.6) is 17.2 Å². The summed E-state index contributed by atoms with van der Waals surface area (Å²) in [5.41, 5.74) is 6.81. The smallest absolute Gasteiger partial charge is 0.203 e. The molecule has 0 spiro atoms. The quantitative estimate of drug-likeness (QED) is 0.458. The lowest BCUT2D eigenvalue weighted by Crippen LogP contribution is -2.24. The van der Waals surface area contributed by atoms with Gasteiger partial charge in [-0.05, 0) is 55.4 Å². The molecule has 7 heteroatoms. The number of hydrogen-bond acceptors (Lipinski definition) is 5. The molecule has 2 aromatic carbocycles. The Morgan fingerprint density at radius 2 is 1.73 bits per heavy atom. The van der Waals surface area contributed by atoms with Crippen molar-refractivity contribution in [3.63, 3.8) is 0 Å². The summed E-state index contributed by atoms with van der Waals surface area (Å²) < 4.78 is 16.0. The molecule has 0 bridgehead atoms. The average molecular weight is 373 g/mol. The minimum Gasteiger partial charge on any atom is -0.493 e. The molecule has 0 amide bonds. The van der Waals surface area contributed by atoms with E-state index in [1.165, 1.54) is 5.56 Å². The maximum Gasteiger partial charge on any atom is 0.203 e. The first kappa shape index (κ1) is 19.5. The van der Waals surface area contributed by atoms with Crippen LogP contribution in [0.25, 0.3) is 0 Å². The van der Waals surface area contributed by atoms with Gasteiger partial charge in [-0.1, -0.05) is 12.1 Å². The fourth-order valence-corrected chi connectivity index (χ4v) is 2.59. The van der Waals surface area contributed by atoms with Crippen LogP contribution in [-0.2, 0) is 0 Å². The minimum atomic E-state index is 0.398. The first-order valence-electron chi connectivity index (χ1n) is 7.97. The predicted octanol–water partition coefficient (Wildman–Crippen LogP) is 3.65. The molecule has 138 valence electrons. The van der Waals surface area contributed by atoms with Crippen LogP contribution >= 0.6 is 12.2 Å². The van der Waals surface area contributed by atoms with Crippen molar-refractivity contribution in [1.82, 2.24) is 5.43 Å². The Labute approximate surface area is 159 Å². The number of nitrogens with one attached hydrogen (secondary N) is 2. The standard InChI is InChI=1S/C19H23N3O3S/c1-12-7-6-8-15(13(12)2)21-19(26)22-20-11-14-9-10-16(23-3)18(25-5)17(14)24-4/h6-11H,1-5H3,(H2,21,22,26)/b20-11-. The number of aryl methyl sites for hydroxylation is 1. The molecule has 0 fully saturated rings. The van der Waals surface area contributed by atoms with Crippen LogP contribution in [0.4, 0.5) is 5.69 Å². The van der Waals surface area contributed by atoms with Crippen LogP contribution in [0.2, 0.25) is 0 Å². The molecule has 0 unspecified atom stereocenters. The number of nitrogens with zero attached hydrogens (tertiary/aromatic N) is 1. The molecule has 0 aliphatic carbocycles. The van der Waals surface area contributed by atoms with E-state index in [1.54, 1.807) is 33.6 Å². The Bertz CT molecular complexity index is 822. The zero-order valence-corrected chi connectivity index (χ0v) is 16.4. The third kappa shape index (κ3) is 4.43. The average Bonchev–Trinajstić information content (AvgIpc) is 2.64. The van der Waals surface area contributed by atoms with E-state index in [9.17, 15) is 0 Å². The molecule has 0 radical (unpaired) electrons. The molecular weight excluding hydrogens is 350 g/mol. The van der Waals surface area contributed by atoms with E-state index in [4.69, 9.17) is 26.4 Å². The fraction of sp³-hybridized carbons (Fsp3) is 0.263. The number of hydrazone groups is 1. The van der Waals surface area contributed by atoms with Gasteiger partial charge in [0, 0.05) is 11.3 Å². The number of thiocarbonyl (C=S) groups is 1. The Balaban J connectivity index is 2.10. The topological polar surface area (TPSA) is 64.1 Å². The maximum atomic E-state index is 5.42. The molecule has 0 saturated carbocycles. The summed E-state index contributed by atoms with van der Waals surface area (Å²) in [5.74, 6) is 1.63. The Morgan fingerprint density at radius 1 is 1.00 bits per heavy atom. The molecule has 0 aliphatic heterocycles. The van der Waals surface area contributed by atoms with E-state index in [0.717, 1.165) is 16.8 Å². The number of ether oxygens (including phenoxy) is 3. The fourth-order valence-electron chi connectivity index (χ4n) is 2.42. The number of benzene rings is 2. The first-order valence-corrected chi connectivity index (χ1v) is 8.37. The third-order valence-electron chi connectivity index (χ3n) is 3.96. The number of hydrogen-bond donors (Lipinski definition) is 2. The van der Waals surface area contributed by atoms with Crippen LogP contribution < -0.4 is 25.0 Å². The van der Waals surface area contributed by atoms with Crippen molar-refractivity contribution in [1.29, 1.82) is 0 Å². The van der Waals surface area contributed by atoms with E-state index >= 15 is 0 Å². The van der Waals surface area contributed by atoms with Gasteiger partial charge in [-0.2, -0.15) is 5.10 Å². The predicted molar refractivity (Wildman–Crippen MR) is 109 cm³/mol. The second kappa shape index (κ2) is 9.05. The highest BCUT2D eigenvalue weighted by molar-refractivity contribution is 7.80. The van der Waals surface area contributed by atoms with Crippen LogP contribution in [0.3, 0.4) is 0 Å². The third-order valence-corrected chi connectivity index (χ3v) is 4.15.